The van der Waals surface area contributed by atoms with Gasteiger partial charge in [0.2, 0.25) is 0 Å². The zero-order valence-electron chi connectivity index (χ0n) is 6.65. The number of rotatable bonds is 5. The molecule has 0 unspecified atom stereocenters. The van der Waals surface area contributed by atoms with Crippen LogP contribution in [-0.4, -0.2) is 38.0 Å². The van der Waals surface area contributed by atoms with E-state index in [-0.39, 0.29) is 12.3 Å². The van der Waals surface area contributed by atoms with Crippen LogP contribution < -0.4 is 5.32 Å². The third-order valence-electron chi connectivity index (χ3n) is 0.961. The second-order valence-corrected chi connectivity index (χ2v) is 4.52. The summed E-state index contributed by atoms with van der Waals surface area (Å²) < 4.78 is 21.1. The zero-order chi connectivity index (χ0) is 9.61. The van der Waals surface area contributed by atoms with Crippen molar-refractivity contribution >= 4 is 15.8 Å². The summed E-state index contributed by atoms with van der Waals surface area (Å²) in [6.07, 6.45) is 3.23. The Morgan fingerprint density at radius 1 is 1.58 bits per heavy atom. The van der Waals surface area contributed by atoms with E-state index in [1.54, 1.807) is 0 Å². The SMILES string of the molecule is CS(=O)(=O)CCN/C=C/C(=O)O. The number of hydrogen-bond acceptors (Lipinski definition) is 4. The van der Waals surface area contributed by atoms with Gasteiger partial charge in [-0.05, 0) is 0 Å². The predicted octanol–water partition coefficient (Wildman–Crippen LogP) is -0.781. The monoisotopic (exact) mass is 193 g/mol. The Labute approximate surface area is 71.0 Å². The smallest absolute Gasteiger partial charge is 0.329 e. The standard InChI is InChI=1S/C6H11NO4S/c1-12(10,11)5-4-7-3-2-6(8)9/h2-3,7H,4-5H2,1H3,(H,8,9)/b3-2+. The van der Waals surface area contributed by atoms with Crippen molar-refractivity contribution in [3.8, 4) is 0 Å². The minimum Gasteiger partial charge on any atom is -0.478 e. The number of sulfone groups is 1. The Kier molecular flexibility index (Phi) is 4.35. The summed E-state index contributed by atoms with van der Waals surface area (Å²) in [5.41, 5.74) is 0. The maximum Gasteiger partial charge on any atom is 0.329 e. The van der Waals surface area contributed by atoms with Gasteiger partial charge in [0, 0.05) is 25.1 Å². The first-order chi connectivity index (χ1) is 5.42. The van der Waals surface area contributed by atoms with Crippen LogP contribution in [0.15, 0.2) is 12.3 Å². The van der Waals surface area contributed by atoms with E-state index in [4.69, 9.17) is 5.11 Å². The lowest BCUT2D eigenvalue weighted by Crippen LogP contribution is -2.17. The van der Waals surface area contributed by atoms with E-state index < -0.39 is 15.8 Å². The Morgan fingerprint density at radius 3 is 2.58 bits per heavy atom. The van der Waals surface area contributed by atoms with Crippen LogP contribution >= 0.6 is 0 Å². The van der Waals surface area contributed by atoms with Gasteiger partial charge >= 0.3 is 5.97 Å². The summed E-state index contributed by atoms with van der Waals surface area (Å²) in [5, 5.41) is 10.7. The third-order valence-corrected chi connectivity index (χ3v) is 1.91. The fourth-order valence-electron chi connectivity index (χ4n) is 0.458. The molecule has 70 valence electrons. The summed E-state index contributed by atoms with van der Waals surface area (Å²) in [5.74, 6) is -1.07. The van der Waals surface area contributed by atoms with Crippen molar-refractivity contribution in [3.05, 3.63) is 12.3 Å². The van der Waals surface area contributed by atoms with Gasteiger partial charge in [0.25, 0.3) is 0 Å². The lowest BCUT2D eigenvalue weighted by Gasteiger charge is -1.97. The second-order valence-electron chi connectivity index (χ2n) is 2.26. The topological polar surface area (TPSA) is 83.5 Å². The molecule has 6 heteroatoms. The third kappa shape index (κ3) is 8.96. The number of carboxylic acids is 1. The van der Waals surface area contributed by atoms with E-state index in [0.717, 1.165) is 12.3 Å². The van der Waals surface area contributed by atoms with E-state index in [1.165, 1.54) is 6.20 Å². The average molecular weight is 193 g/mol. The maximum absolute atomic E-state index is 10.5. The van der Waals surface area contributed by atoms with Crippen LogP contribution in [0.2, 0.25) is 0 Å². The van der Waals surface area contributed by atoms with Crippen LogP contribution in [0.1, 0.15) is 0 Å². The zero-order valence-corrected chi connectivity index (χ0v) is 7.47. The molecule has 0 saturated carbocycles. The van der Waals surface area contributed by atoms with Gasteiger partial charge in [-0.15, -0.1) is 0 Å². The highest BCUT2D eigenvalue weighted by Gasteiger charge is 1.98. The number of carbonyl (C=O) groups is 1. The first-order valence-electron chi connectivity index (χ1n) is 3.22. The molecule has 0 atom stereocenters. The van der Waals surface area contributed by atoms with Crippen molar-refractivity contribution in [1.82, 2.24) is 5.32 Å². The highest BCUT2D eigenvalue weighted by atomic mass is 32.2. The molecule has 12 heavy (non-hydrogen) atoms. The molecule has 0 bridgehead atoms. The molecule has 0 aliphatic rings. The van der Waals surface area contributed by atoms with Gasteiger partial charge in [-0.2, -0.15) is 0 Å². The van der Waals surface area contributed by atoms with E-state index >= 15 is 0 Å². The average Bonchev–Trinajstić information content (AvgIpc) is 1.83. The second kappa shape index (κ2) is 4.76. The molecule has 0 rings (SSSR count). The van der Waals surface area contributed by atoms with Crippen LogP contribution in [-0.2, 0) is 14.6 Å². The normalized spacial score (nSPS) is 11.8. The molecule has 0 amide bonds. The highest BCUT2D eigenvalue weighted by Crippen LogP contribution is 1.79. The molecule has 0 aliphatic heterocycles. The van der Waals surface area contributed by atoms with Crippen LogP contribution in [0.5, 0.6) is 0 Å². The fourth-order valence-corrected chi connectivity index (χ4v) is 0.947. The Morgan fingerprint density at radius 2 is 2.17 bits per heavy atom. The molecule has 0 spiro atoms. The van der Waals surface area contributed by atoms with E-state index in [1.807, 2.05) is 0 Å². The first kappa shape index (κ1) is 11.0. The number of hydrogen-bond donors (Lipinski definition) is 2. The molecule has 0 aromatic rings. The maximum atomic E-state index is 10.5. The molecular formula is C6H11NO4S. The number of nitrogens with one attached hydrogen (secondary N) is 1. The quantitative estimate of drug-likeness (QED) is 0.442. The molecular weight excluding hydrogens is 182 g/mol. The van der Waals surface area contributed by atoms with Crippen molar-refractivity contribution in [3.63, 3.8) is 0 Å². The predicted molar refractivity (Wildman–Crippen MR) is 44.5 cm³/mol. The molecule has 2 N–H and O–H groups in total. The molecule has 0 radical (unpaired) electrons. The van der Waals surface area contributed by atoms with Crippen molar-refractivity contribution < 1.29 is 18.3 Å². The summed E-state index contributed by atoms with van der Waals surface area (Å²) in [6, 6.07) is 0. The van der Waals surface area contributed by atoms with Crippen molar-refractivity contribution in [2.24, 2.45) is 0 Å². The minimum atomic E-state index is -2.97. The van der Waals surface area contributed by atoms with Gasteiger partial charge in [0.1, 0.15) is 9.84 Å². The van der Waals surface area contributed by atoms with Gasteiger partial charge in [-0.3, -0.25) is 0 Å². The van der Waals surface area contributed by atoms with Crippen molar-refractivity contribution in [1.29, 1.82) is 0 Å². The van der Waals surface area contributed by atoms with E-state index in [9.17, 15) is 13.2 Å². The fraction of sp³-hybridized carbons (Fsp3) is 0.500. The summed E-state index contributed by atoms with van der Waals surface area (Å²) in [7, 11) is -2.97. The molecule has 0 aromatic carbocycles. The Hall–Kier alpha value is -1.04. The van der Waals surface area contributed by atoms with Gasteiger partial charge in [0.05, 0.1) is 5.75 Å². The molecule has 0 heterocycles. The van der Waals surface area contributed by atoms with Crippen molar-refractivity contribution in [2.45, 2.75) is 0 Å². The summed E-state index contributed by atoms with van der Waals surface area (Å²) in [6.45, 7) is 0.225. The number of carboxylic acid groups (broad SMARTS) is 1. The molecule has 0 aromatic heterocycles. The molecule has 0 aliphatic carbocycles. The summed E-state index contributed by atoms with van der Waals surface area (Å²) in [4.78, 5) is 9.91. The highest BCUT2D eigenvalue weighted by molar-refractivity contribution is 7.90. The van der Waals surface area contributed by atoms with E-state index in [0.29, 0.717) is 0 Å². The van der Waals surface area contributed by atoms with E-state index in [2.05, 4.69) is 5.32 Å². The molecule has 0 saturated heterocycles. The largest absolute Gasteiger partial charge is 0.478 e. The first-order valence-corrected chi connectivity index (χ1v) is 5.28. The molecule has 0 fully saturated rings. The summed E-state index contributed by atoms with van der Waals surface area (Å²) >= 11 is 0. The lowest BCUT2D eigenvalue weighted by molar-refractivity contribution is -0.131. The van der Waals surface area contributed by atoms with Gasteiger partial charge in [-0.25, -0.2) is 13.2 Å². The Balaban J connectivity index is 3.53. The minimum absolute atomic E-state index is 0.00302. The van der Waals surface area contributed by atoms with Crippen molar-refractivity contribution in [2.75, 3.05) is 18.6 Å². The van der Waals surface area contributed by atoms with Gasteiger partial charge in [-0.1, -0.05) is 0 Å². The van der Waals surface area contributed by atoms with Crippen LogP contribution in [0.4, 0.5) is 0 Å². The molecule has 5 nitrogen and oxygen atoms in total. The van der Waals surface area contributed by atoms with Gasteiger partial charge in [0.15, 0.2) is 0 Å². The van der Waals surface area contributed by atoms with Crippen LogP contribution in [0.3, 0.4) is 0 Å². The lowest BCUT2D eigenvalue weighted by atomic mass is 10.6. The Bertz CT molecular complexity index is 267. The number of aliphatic carboxylic acids is 1. The van der Waals surface area contributed by atoms with Gasteiger partial charge < -0.3 is 10.4 Å². The van der Waals surface area contributed by atoms with Crippen LogP contribution in [0.25, 0.3) is 0 Å². The van der Waals surface area contributed by atoms with Crippen LogP contribution in [0, 0.1) is 0 Å².